The van der Waals surface area contributed by atoms with E-state index in [9.17, 15) is 14.3 Å². The summed E-state index contributed by atoms with van der Waals surface area (Å²) >= 11 is 0. The van der Waals surface area contributed by atoms with E-state index in [-0.39, 0.29) is 12.2 Å². The van der Waals surface area contributed by atoms with Crippen LogP contribution >= 0.6 is 0 Å². The number of aliphatic hydroxyl groups is 1. The summed E-state index contributed by atoms with van der Waals surface area (Å²) in [5.74, 6) is -1.04. The fourth-order valence-corrected chi connectivity index (χ4v) is 3.01. The second kappa shape index (κ2) is 7.52. The first-order valence-electron chi connectivity index (χ1n) is 7.55. The first kappa shape index (κ1) is 15.9. The Morgan fingerprint density at radius 3 is 2.62 bits per heavy atom. The molecular weight excluding hydrogens is 271 g/mol. The molecule has 0 aliphatic heterocycles. The SMILES string of the molecule is NC(=O)c1ccc(CN(CCO)C2CCCCC2)c(F)c1. The van der Waals surface area contributed by atoms with E-state index in [1.54, 1.807) is 12.1 Å². The van der Waals surface area contributed by atoms with Crippen LogP contribution in [0.5, 0.6) is 0 Å². The van der Waals surface area contributed by atoms with Gasteiger partial charge in [0.25, 0.3) is 0 Å². The number of amides is 1. The van der Waals surface area contributed by atoms with Gasteiger partial charge in [-0.2, -0.15) is 0 Å². The summed E-state index contributed by atoms with van der Waals surface area (Å²) in [5, 5.41) is 9.23. The summed E-state index contributed by atoms with van der Waals surface area (Å²) in [4.78, 5) is 13.2. The van der Waals surface area contributed by atoms with Gasteiger partial charge >= 0.3 is 0 Å². The molecule has 1 aromatic carbocycles. The molecule has 0 saturated heterocycles. The molecule has 4 nitrogen and oxygen atoms in total. The first-order valence-corrected chi connectivity index (χ1v) is 7.55. The lowest BCUT2D eigenvalue weighted by atomic mass is 9.93. The molecule has 0 spiro atoms. The van der Waals surface area contributed by atoms with Crippen LogP contribution in [0.1, 0.15) is 48.0 Å². The maximum atomic E-state index is 14.1. The third-order valence-corrected chi connectivity index (χ3v) is 4.19. The highest BCUT2D eigenvalue weighted by atomic mass is 19.1. The van der Waals surface area contributed by atoms with Gasteiger partial charge in [0, 0.05) is 30.3 Å². The van der Waals surface area contributed by atoms with Crippen LogP contribution in [0.15, 0.2) is 18.2 Å². The minimum Gasteiger partial charge on any atom is -0.395 e. The fraction of sp³-hybridized carbons (Fsp3) is 0.562. The van der Waals surface area contributed by atoms with E-state index in [1.165, 1.54) is 25.3 Å². The van der Waals surface area contributed by atoms with E-state index >= 15 is 0 Å². The number of hydrogen-bond donors (Lipinski definition) is 2. The lowest BCUT2D eigenvalue weighted by Crippen LogP contribution is -2.38. The molecular formula is C16H23FN2O2. The Morgan fingerprint density at radius 2 is 2.05 bits per heavy atom. The van der Waals surface area contributed by atoms with Crippen molar-refractivity contribution in [2.45, 2.75) is 44.7 Å². The van der Waals surface area contributed by atoms with Gasteiger partial charge in [-0.15, -0.1) is 0 Å². The van der Waals surface area contributed by atoms with Gasteiger partial charge in [-0.3, -0.25) is 9.69 Å². The highest BCUT2D eigenvalue weighted by Gasteiger charge is 2.22. The second-order valence-corrected chi connectivity index (χ2v) is 5.66. The molecule has 0 unspecified atom stereocenters. The number of primary amides is 1. The number of nitrogens with zero attached hydrogens (tertiary/aromatic N) is 1. The van der Waals surface area contributed by atoms with Crippen LogP contribution in [0, 0.1) is 5.82 Å². The van der Waals surface area contributed by atoms with Crippen LogP contribution in [0.25, 0.3) is 0 Å². The fourth-order valence-electron chi connectivity index (χ4n) is 3.01. The summed E-state index contributed by atoms with van der Waals surface area (Å²) in [7, 11) is 0. The average molecular weight is 294 g/mol. The average Bonchev–Trinajstić information content (AvgIpc) is 2.49. The zero-order valence-corrected chi connectivity index (χ0v) is 12.2. The van der Waals surface area contributed by atoms with Gasteiger partial charge in [-0.1, -0.05) is 25.3 Å². The van der Waals surface area contributed by atoms with E-state index in [0.717, 1.165) is 12.8 Å². The standard InChI is InChI=1S/C16H23FN2O2/c17-15-10-12(16(18)21)6-7-13(15)11-19(8-9-20)14-4-2-1-3-5-14/h6-7,10,14,20H,1-5,8-9,11H2,(H2,18,21). The van der Waals surface area contributed by atoms with E-state index < -0.39 is 11.7 Å². The van der Waals surface area contributed by atoms with Crippen molar-refractivity contribution in [1.82, 2.24) is 4.90 Å². The van der Waals surface area contributed by atoms with Crippen LogP contribution in [0.3, 0.4) is 0 Å². The van der Waals surface area contributed by atoms with Crippen LogP contribution in [0.4, 0.5) is 4.39 Å². The summed E-state index contributed by atoms with van der Waals surface area (Å²) in [6.07, 6.45) is 5.83. The van der Waals surface area contributed by atoms with Crippen molar-refractivity contribution in [2.24, 2.45) is 5.73 Å². The molecule has 21 heavy (non-hydrogen) atoms. The molecule has 1 aromatic rings. The summed E-state index contributed by atoms with van der Waals surface area (Å²) in [5.41, 5.74) is 5.87. The van der Waals surface area contributed by atoms with E-state index in [1.807, 2.05) is 0 Å². The Kier molecular flexibility index (Phi) is 5.70. The molecule has 0 radical (unpaired) electrons. The highest BCUT2D eigenvalue weighted by molar-refractivity contribution is 5.92. The van der Waals surface area contributed by atoms with Crippen molar-refractivity contribution in [3.63, 3.8) is 0 Å². The van der Waals surface area contributed by atoms with Crippen molar-refractivity contribution in [3.05, 3.63) is 35.1 Å². The highest BCUT2D eigenvalue weighted by Crippen LogP contribution is 2.24. The maximum absolute atomic E-state index is 14.1. The van der Waals surface area contributed by atoms with Gasteiger partial charge < -0.3 is 10.8 Å². The normalized spacial score (nSPS) is 16.3. The number of nitrogens with two attached hydrogens (primary N) is 1. The smallest absolute Gasteiger partial charge is 0.248 e. The number of carbonyl (C=O) groups is 1. The molecule has 0 bridgehead atoms. The van der Waals surface area contributed by atoms with Crippen molar-refractivity contribution in [3.8, 4) is 0 Å². The van der Waals surface area contributed by atoms with E-state index in [4.69, 9.17) is 5.73 Å². The number of rotatable bonds is 6. The molecule has 0 aromatic heterocycles. The number of halogens is 1. The zero-order chi connectivity index (χ0) is 15.2. The predicted molar refractivity (Wildman–Crippen MR) is 79.3 cm³/mol. The van der Waals surface area contributed by atoms with E-state index in [2.05, 4.69) is 4.90 Å². The molecule has 1 fully saturated rings. The molecule has 0 heterocycles. The van der Waals surface area contributed by atoms with Gasteiger partial charge in [-0.05, 0) is 25.0 Å². The quantitative estimate of drug-likeness (QED) is 0.844. The summed E-state index contributed by atoms with van der Waals surface area (Å²) in [6.45, 7) is 1.06. The van der Waals surface area contributed by atoms with Gasteiger partial charge in [0.15, 0.2) is 0 Å². The first-order chi connectivity index (χ1) is 10.1. The Bertz CT molecular complexity index is 487. The molecule has 1 amide bonds. The molecule has 2 rings (SSSR count). The Morgan fingerprint density at radius 1 is 1.33 bits per heavy atom. The minimum absolute atomic E-state index is 0.0670. The van der Waals surface area contributed by atoms with Crippen LogP contribution in [0.2, 0.25) is 0 Å². The number of carbonyl (C=O) groups excluding carboxylic acids is 1. The second-order valence-electron chi connectivity index (χ2n) is 5.66. The molecule has 5 heteroatoms. The monoisotopic (exact) mass is 294 g/mol. The third-order valence-electron chi connectivity index (χ3n) is 4.19. The maximum Gasteiger partial charge on any atom is 0.248 e. The van der Waals surface area contributed by atoms with Gasteiger partial charge in [0.05, 0.1) is 6.61 Å². The van der Waals surface area contributed by atoms with Crippen LogP contribution in [-0.2, 0) is 6.54 Å². The van der Waals surface area contributed by atoms with Gasteiger partial charge in [-0.25, -0.2) is 4.39 Å². The van der Waals surface area contributed by atoms with Gasteiger partial charge in [0.2, 0.25) is 5.91 Å². The van der Waals surface area contributed by atoms with E-state index in [0.29, 0.717) is 24.7 Å². The summed E-state index contributed by atoms with van der Waals surface area (Å²) in [6, 6.07) is 4.76. The third kappa shape index (κ3) is 4.25. The van der Waals surface area contributed by atoms with Crippen molar-refractivity contribution in [2.75, 3.05) is 13.2 Å². The molecule has 116 valence electrons. The Balaban J connectivity index is 2.10. The molecule has 0 atom stereocenters. The number of hydrogen-bond acceptors (Lipinski definition) is 3. The lowest BCUT2D eigenvalue weighted by molar-refractivity contribution is 0.0999. The van der Waals surface area contributed by atoms with Crippen LogP contribution < -0.4 is 5.73 Å². The van der Waals surface area contributed by atoms with Gasteiger partial charge in [0.1, 0.15) is 5.82 Å². The predicted octanol–water partition coefficient (Wildman–Crippen LogP) is 2.05. The Labute approximate surface area is 124 Å². The van der Waals surface area contributed by atoms with Crippen molar-refractivity contribution in [1.29, 1.82) is 0 Å². The van der Waals surface area contributed by atoms with Crippen molar-refractivity contribution < 1.29 is 14.3 Å². The minimum atomic E-state index is -0.625. The molecule has 1 aliphatic carbocycles. The molecule has 1 saturated carbocycles. The lowest BCUT2D eigenvalue weighted by Gasteiger charge is -2.34. The Hall–Kier alpha value is -1.46. The van der Waals surface area contributed by atoms with Crippen molar-refractivity contribution >= 4 is 5.91 Å². The largest absolute Gasteiger partial charge is 0.395 e. The molecule has 1 aliphatic rings. The summed E-state index contributed by atoms with van der Waals surface area (Å²) < 4.78 is 14.1. The van der Waals surface area contributed by atoms with Crippen LogP contribution in [-0.4, -0.2) is 35.1 Å². The topological polar surface area (TPSA) is 66.6 Å². The number of aliphatic hydroxyl groups excluding tert-OH is 1. The number of benzene rings is 1. The zero-order valence-electron chi connectivity index (χ0n) is 12.2. The molecule has 3 N–H and O–H groups in total.